The van der Waals surface area contributed by atoms with Crippen LogP contribution in [0.4, 0.5) is 5.82 Å². The van der Waals surface area contributed by atoms with E-state index in [0.717, 1.165) is 22.4 Å². The van der Waals surface area contributed by atoms with Gasteiger partial charge in [-0.1, -0.05) is 0 Å². The van der Waals surface area contributed by atoms with Crippen molar-refractivity contribution >= 4 is 27.7 Å². The Morgan fingerprint density at radius 1 is 1.40 bits per heavy atom. The molecule has 2 aromatic rings. The second kappa shape index (κ2) is 5.75. The fourth-order valence-electron chi connectivity index (χ4n) is 2.15. The minimum atomic E-state index is -0.0884. The number of aromatic nitrogens is 3. The van der Waals surface area contributed by atoms with Gasteiger partial charge in [0, 0.05) is 30.0 Å². The number of hydrogen-bond donors (Lipinski definition) is 0. The lowest BCUT2D eigenvalue weighted by molar-refractivity contribution is 0.0991. The maximum Gasteiger partial charge on any atom is 0.262 e. The predicted octanol–water partition coefficient (Wildman–Crippen LogP) is 2.95. The molecule has 0 saturated heterocycles. The van der Waals surface area contributed by atoms with Crippen molar-refractivity contribution in [1.82, 2.24) is 14.8 Å². The van der Waals surface area contributed by atoms with Crippen molar-refractivity contribution in [3.05, 3.63) is 39.8 Å². The summed E-state index contributed by atoms with van der Waals surface area (Å²) in [6.07, 6.45) is 1.67. The highest BCUT2D eigenvalue weighted by Crippen LogP contribution is 2.19. The molecule has 0 fully saturated rings. The Morgan fingerprint density at radius 3 is 2.60 bits per heavy atom. The van der Waals surface area contributed by atoms with E-state index in [1.165, 1.54) is 0 Å². The van der Waals surface area contributed by atoms with Gasteiger partial charge < -0.3 is 0 Å². The van der Waals surface area contributed by atoms with Crippen molar-refractivity contribution in [1.29, 1.82) is 0 Å². The summed E-state index contributed by atoms with van der Waals surface area (Å²) in [7, 11) is 1.72. The normalized spacial score (nSPS) is 10.7. The molecule has 0 aromatic carbocycles. The maximum atomic E-state index is 12.6. The number of nitrogens with zero attached hydrogens (tertiary/aromatic N) is 4. The second-order valence-corrected chi connectivity index (χ2v) is 5.48. The third-order valence-electron chi connectivity index (χ3n) is 3.25. The van der Waals surface area contributed by atoms with Gasteiger partial charge >= 0.3 is 0 Å². The first-order chi connectivity index (χ1) is 9.45. The summed E-state index contributed by atoms with van der Waals surface area (Å²) >= 11 is 3.33. The molecule has 0 radical (unpaired) electrons. The molecule has 106 valence electrons. The summed E-state index contributed by atoms with van der Waals surface area (Å²) < 4.78 is 2.72. The highest BCUT2D eigenvalue weighted by atomic mass is 79.9. The highest BCUT2D eigenvalue weighted by molar-refractivity contribution is 9.10. The minimum absolute atomic E-state index is 0.0884. The molecule has 0 bridgehead atoms. The fourth-order valence-corrected chi connectivity index (χ4v) is 2.39. The smallest absolute Gasteiger partial charge is 0.262 e. The number of halogens is 1. The van der Waals surface area contributed by atoms with Crippen LogP contribution >= 0.6 is 15.9 Å². The van der Waals surface area contributed by atoms with E-state index in [4.69, 9.17) is 0 Å². The lowest BCUT2D eigenvalue weighted by Crippen LogP contribution is -2.28. The van der Waals surface area contributed by atoms with Gasteiger partial charge in [-0.2, -0.15) is 5.10 Å². The Balaban J connectivity index is 2.36. The number of hydrogen-bond acceptors (Lipinski definition) is 3. The number of rotatable bonds is 3. The second-order valence-electron chi connectivity index (χ2n) is 4.56. The zero-order chi connectivity index (χ0) is 14.9. The van der Waals surface area contributed by atoms with Gasteiger partial charge in [0.25, 0.3) is 5.91 Å². The van der Waals surface area contributed by atoms with Crippen molar-refractivity contribution in [2.75, 3.05) is 11.9 Å². The lowest BCUT2D eigenvalue weighted by Gasteiger charge is -2.16. The third-order valence-corrected chi connectivity index (χ3v) is 3.72. The van der Waals surface area contributed by atoms with E-state index in [9.17, 15) is 4.79 Å². The summed E-state index contributed by atoms with van der Waals surface area (Å²) in [6, 6.07) is 3.66. The van der Waals surface area contributed by atoms with Gasteiger partial charge in [-0.05, 0) is 48.8 Å². The zero-order valence-corrected chi connectivity index (χ0v) is 13.6. The Bertz CT molecular complexity index is 633. The molecule has 2 heterocycles. The third kappa shape index (κ3) is 2.60. The first kappa shape index (κ1) is 14.7. The summed E-state index contributed by atoms with van der Waals surface area (Å²) in [5.74, 6) is 0.524. The first-order valence-electron chi connectivity index (χ1n) is 6.39. The molecule has 5 nitrogen and oxygen atoms in total. The number of carbonyl (C=O) groups is 1. The Morgan fingerprint density at radius 2 is 2.10 bits per heavy atom. The number of aryl methyl sites for hydroxylation is 2. The van der Waals surface area contributed by atoms with Crippen LogP contribution < -0.4 is 4.90 Å². The topological polar surface area (TPSA) is 51.0 Å². The number of pyridine rings is 1. The SMILES string of the molecule is CCn1nc(C)c(C(=O)N(C)c2ccc(Br)cn2)c1C. The molecule has 2 aromatic heterocycles. The first-order valence-corrected chi connectivity index (χ1v) is 7.18. The molecule has 0 aliphatic heterocycles. The highest BCUT2D eigenvalue weighted by Gasteiger charge is 2.22. The van der Waals surface area contributed by atoms with E-state index >= 15 is 0 Å². The standard InChI is InChI=1S/C14H17BrN4O/c1-5-19-10(3)13(9(2)17-19)14(20)18(4)12-7-6-11(15)8-16-12/h6-8H,5H2,1-4H3. The van der Waals surface area contributed by atoms with Gasteiger partial charge in [0.15, 0.2) is 0 Å². The van der Waals surface area contributed by atoms with Crippen LogP contribution in [0.2, 0.25) is 0 Å². The van der Waals surface area contributed by atoms with E-state index in [-0.39, 0.29) is 5.91 Å². The van der Waals surface area contributed by atoms with Gasteiger partial charge in [-0.3, -0.25) is 14.4 Å². The summed E-state index contributed by atoms with van der Waals surface area (Å²) in [6.45, 7) is 6.53. The molecule has 0 saturated carbocycles. The molecule has 0 unspecified atom stereocenters. The monoisotopic (exact) mass is 336 g/mol. The van der Waals surface area contributed by atoms with E-state index in [1.807, 2.05) is 31.5 Å². The number of amides is 1. The van der Waals surface area contributed by atoms with Gasteiger partial charge in [0.05, 0.1) is 11.3 Å². The molecular weight excluding hydrogens is 320 g/mol. The van der Waals surface area contributed by atoms with Crippen LogP contribution in [0.15, 0.2) is 22.8 Å². The number of anilines is 1. The van der Waals surface area contributed by atoms with Crippen LogP contribution in [-0.2, 0) is 6.54 Å². The predicted molar refractivity (Wildman–Crippen MR) is 82.0 cm³/mol. The molecule has 2 rings (SSSR count). The maximum absolute atomic E-state index is 12.6. The fraction of sp³-hybridized carbons (Fsp3) is 0.357. The van der Waals surface area contributed by atoms with Crippen molar-refractivity contribution in [2.24, 2.45) is 0 Å². The molecule has 0 aliphatic carbocycles. The van der Waals surface area contributed by atoms with E-state index in [2.05, 4.69) is 26.0 Å². The van der Waals surface area contributed by atoms with Crippen LogP contribution in [0.25, 0.3) is 0 Å². The Hall–Kier alpha value is -1.69. The molecule has 0 atom stereocenters. The van der Waals surface area contributed by atoms with Gasteiger partial charge in [-0.25, -0.2) is 4.98 Å². The average molecular weight is 337 g/mol. The van der Waals surface area contributed by atoms with Crippen molar-refractivity contribution < 1.29 is 4.79 Å². The van der Waals surface area contributed by atoms with Gasteiger partial charge in [0.1, 0.15) is 5.82 Å². The van der Waals surface area contributed by atoms with Crippen LogP contribution in [0.5, 0.6) is 0 Å². The summed E-state index contributed by atoms with van der Waals surface area (Å²) in [4.78, 5) is 18.4. The van der Waals surface area contributed by atoms with E-state index in [1.54, 1.807) is 24.2 Å². The molecule has 20 heavy (non-hydrogen) atoms. The Labute approximate surface area is 126 Å². The Kier molecular flexibility index (Phi) is 4.23. The minimum Gasteiger partial charge on any atom is -0.296 e. The van der Waals surface area contributed by atoms with Crippen molar-refractivity contribution in [3.63, 3.8) is 0 Å². The number of carbonyl (C=O) groups excluding carboxylic acids is 1. The van der Waals surface area contributed by atoms with Crippen LogP contribution in [0.3, 0.4) is 0 Å². The molecule has 0 aliphatic rings. The van der Waals surface area contributed by atoms with Crippen LogP contribution in [0, 0.1) is 13.8 Å². The van der Waals surface area contributed by atoms with Gasteiger partial charge in [0.2, 0.25) is 0 Å². The van der Waals surface area contributed by atoms with Crippen LogP contribution in [0.1, 0.15) is 28.7 Å². The zero-order valence-electron chi connectivity index (χ0n) is 12.0. The van der Waals surface area contributed by atoms with Crippen LogP contribution in [-0.4, -0.2) is 27.7 Å². The molecule has 6 heteroatoms. The molecule has 0 N–H and O–H groups in total. The molecule has 0 spiro atoms. The largest absolute Gasteiger partial charge is 0.296 e. The van der Waals surface area contributed by atoms with Gasteiger partial charge in [-0.15, -0.1) is 0 Å². The molecular formula is C14H17BrN4O. The van der Waals surface area contributed by atoms with E-state index in [0.29, 0.717) is 11.4 Å². The lowest BCUT2D eigenvalue weighted by atomic mass is 10.1. The molecule has 1 amide bonds. The summed E-state index contributed by atoms with van der Waals surface area (Å²) in [5.41, 5.74) is 2.29. The van der Waals surface area contributed by atoms with Crippen molar-refractivity contribution in [3.8, 4) is 0 Å². The van der Waals surface area contributed by atoms with Crippen molar-refractivity contribution in [2.45, 2.75) is 27.3 Å². The average Bonchev–Trinajstić information content (AvgIpc) is 2.72. The summed E-state index contributed by atoms with van der Waals surface area (Å²) in [5, 5.41) is 4.38. The quantitative estimate of drug-likeness (QED) is 0.865. The van der Waals surface area contributed by atoms with E-state index < -0.39 is 0 Å².